The minimum Gasteiger partial charge on any atom is -0.360 e. The first kappa shape index (κ1) is 15.0. The fourth-order valence-electron chi connectivity index (χ4n) is 2.32. The van der Waals surface area contributed by atoms with Crippen LogP contribution in [0.15, 0.2) is 40.9 Å². The van der Waals surface area contributed by atoms with Gasteiger partial charge in [0.25, 0.3) is 0 Å². The van der Waals surface area contributed by atoms with Crippen LogP contribution in [0.25, 0.3) is 0 Å². The lowest BCUT2D eigenvalue weighted by Gasteiger charge is -2.11. The van der Waals surface area contributed by atoms with Crippen LogP contribution < -0.4 is 10.6 Å². The molecule has 23 heavy (non-hydrogen) atoms. The molecule has 118 valence electrons. The van der Waals surface area contributed by atoms with E-state index in [0.29, 0.717) is 17.6 Å². The van der Waals surface area contributed by atoms with E-state index in [4.69, 9.17) is 4.52 Å². The lowest BCUT2D eigenvalue weighted by Crippen LogP contribution is -2.03. The zero-order chi connectivity index (χ0) is 16.2. The van der Waals surface area contributed by atoms with Crippen molar-refractivity contribution in [2.24, 2.45) is 0 Å². The molecule has 2 N–H and O–H groups in total. The summed E-state index contributed by atoms with van der Waals surface area (Å²) in [6.45, 7) is 5.90. The summed E-state index contributed by atoms with van der Waals surface area (Å²) in [5.74, 6) is 2.59. The molecule has 0 amide bonds. The Morgan fingerprint density at radius 3 is 2.57 bits per heavy atom. The molecule has 6 nitrogen and oxygen atoms in total. The third kappa shape index (κ3) is 3.66. The summed E-state index contributed by atoms with van der Waals surface area (Å²) in [6.07, 6.45) is 0.943. The van der Waals surface area contributed by atoms with Crippen molar-refractivity contribution in [1.82, 2.24) is 15.1 Å². The highest BCUT2D eigenvalue weighted by atomic mass is 16.5. The molecule has 0 radical (unpaired) electrons. The molecule has 0 saturated heterocycles. The van der Waals surface area contributed by atoms with Crippen LogP contribution in [0.1, 0.15) is 23.9 Å². The molecule has 2 aromatic heterocycles. The van der Waals surface area contributed by atoms with Gasteiger partial charge in [0.05, 0.1) is 0 Å². The molecule has 0 bridgehead atoms. The van der Waals surface area contributed by atoms with Crippen LogP contribution in [0.4, 0.5) is 23.3 Å². The average molecular weight is 309 g/mol. The molecule has 3 aromatic rings. The Balaban J connectivity index is 1.85. The summed E-state index contributed by atoms with van der Waals surface area (Å²) in [5, 5.41) is 10.3. The third-order valence-corrected chi connectivity index (χ3v) is 3.38. The van der Waals surface area contributed by atoms with E-state index in [1.54, 1.807) is 0 Å². The Kier molecular flexibility index (Phi) is 4.23. The lowest BCUT2D eigenvalue weighted by molar-refractivity contribution is 0.400. The van der Waals surface area contributed by atoms with Crippen molar-refractivity contribution in [3.8, 4) is 0 Å². The minimum atomic E-state index is 0.550. The maximum Gasteiger partial charge on any atom is 0.229 e. The van der Waals surface area contributed by atoms with Gasteiger partial charge in [-0.05, 0) is 31.9 Å². The van der Waals surface area contributed by atoms with E-state index in [2.05, 4.69) is 38.7 Å². The standard InChI is InChI=1S/C17H19N5O/c1-4-13-7-5-6-8-14(13)19-17-18-11(2)9-15(21-17)20-16-10-12(3)23-22-16/h5-10H,4H2,1-3H3,(H2,18,19,20,21,22). The van der Waals surface area contributed by atoms with Crippen molar-refractivity contribution in [3.63, 3.8) is 0 Å². The molecule has 1 aromatic carbocycles. The van der Waals surface area contributed by atoms with Crippen LogP contribution in [-0.4, -0.2) is 15.1 Å². The molecule has 3 rings (SSSR count). The Hall–Kier alpha value is -2.89. The number of aromatic nitrogens is 3. The Bertz CT molecular complexity index is 812. The second kappa shape index (κ2) is 6.48. The molecule has 0 aliphatic rings. The number of hydrogen-bond acceptors (Lipinski definition) is 6. The predicted octanol–water partition coefficient (Wildman–Crippen LogP) is 4.13. The lowest BCUT2D eigenvalue weighted by atomic mass is 10.1. The van der Waals surface area contributed by atoms with Gasteiger partial charge in [-0.2, -0.15) is 4.98 Å². The number of nitrogens with zero attached hydrogens (tertiary/aromatic N) is 3. The Labute approximate surface area is 135 Å². The number of rotatable bonds is 5. The van der Waals surface area contributed by atoms with Gasteiger partial charge in [-0.3, -0.25) is 0 Å². The fraction of sp³-hybridized carbons (Fsp3) is 0.235. The van der Waals surface area contributed by atoms with Gasteiger partial charge >= 0.3 is 0 Å². The first-order valence-electron chi connectivity index (χ1n) is 7.55. The first-order valence-corrected chi connectivity index (χ1v) is 7.55. The molecule has 0 aliphatic carbocycles. The molecule has 0 unspecified atom stereocenters. The zero-order valence-electron chi connectivity index (χ0n) is 13.4. The van der Waals surface area contributed by atoms with Gasteiger partial charge in [-0.25, -0.2) is 4.98 Å². The molecule has 0 saturated carbocycles. The summed E-state index contributed by atoms with van der Waals surface area (Å²) in [4.78, 5) is 8.94. The normalized spacial score (nSPS) is 10.6. The quantitative estimate of drug-likeness (QED) is 0.738. The number of aryl methyl sites for hydroxylation is 3. The first-order chi connectivity index (χ1) is 11.1. The summed E-state index contributed by atoms with van der Waals surface area (Å²) in [5.41, 5.74) is 3.10. The maximum atomic E-state index is 5.05. The SMILES string of the molecule is CCc1ccccc1Nc1nc(C)cc(Nc2cc(C)on2)n1. The number of benzene rings is 1. The molecule has 0 spiro atoms. The van der Waals surface area contributed by atoms with Gasteiger partial charge in [-0.15, -0.1) is 0 Å². The van der Waals surface area contributed by atoms with Crippen LogP contribution in [-0.2, 0) is 6.42 Å². The fourth-order valence-corrected chi connectivity index (χ4v) is 2.32. The van der Waals surface area contributed by atoms with Gasteiger partial charge in [0.1, 0.15) is 11.6 Å². The van der Waals surface area contributed by atoms with E-state index in [1.807, 2.05) is 44.2 Å². The zero-order valence-corrected chi connectivity index (χ0v) is 13.4. The van der Waals surface area contributed by atoms with Crippen molar-refractivity contribution in [2.45, 2.75) is 27.2 Å². The largest absolute Gasteiger partial charge is 0.360 e. The smallest absolute Gasteiger partial charge is 0.229 e. The van der Waals surface area contributed by atoms with Crippen LogP contribution in [0.3, 0.4) is 0 Å². The molecule has 6 heteroatoms. The van der Waals surface area contributed by atoms with Crippen molar-refractivity contribution in [1.29, 1.82) is 0 Å². The summed E-state index contributed by atoms with van der Waals surface area (Å²) in [6, 6.07) is 11.8. The minimum absolute atomic E-state index is 0.550. The van der Waals surface area contributed by atoms with Crippen LogP contribution >= 0.6 is 0 Å². The topological polar surface area (TPSA) is 75.9 Å². The van der Waals surface area contributed by atoms with E-state index in [-0.39, 0.29) is 0 Å². The average Bonchev–Trinajstić information content (AvgIpc) is 2.92. The second-order valence-electron chi connectivity index (χ2n) is 5.30. The molecular formula is C17H19N5O. The second-order valence-corrected chi connectivity index (χ2v) is 5.30. The van der Waals surface area contributed by atoms with Gasteiger partial charge < -0.3 is 15.2 Å². The number of para-hydroxylation sites is 1. The highest BCUT2D eigenvalue weighted by molar-refractivity contribution is 5.61. The molecule has 0 aliphatic heterocycles. The Morgan fingerprint density at radius 2 is 1.83 bits per heavy atom. The Morgan fingerprint density at radius 1 is 1.00 bits per heavy atom. The van der Waals surface area contributed by atoms with Gasteiger partial charge in [0, 0.05) is 23.5 Å². The van der Waals surface area contributed by atoms with Crippen molar-refractivity contribution >= 4 is 23.3 Å². The number of anilines is 4. The summed E-state index contributed by atoms with van der Waals surface area (Å²) >= 11 is 0. The number of hydrogen-bond donors (Lipinski definition) is 2. The van der Waals surface area contributed by atoms with Gasteiger partial charge in [0.15, 0.2) is 5.82 Å². The monoisotopic (exact) mass is 309 g/mol. The molecular weight excluding hydrogens is 290 g/mol. The van der Waals surface area contributed by atoms with E-state index in [1.165, 1.54) is 5.56 Å². The van der Waals surface area contributed by atoms with E-state index >= 15 is 0 Å². The van der Waals surface area contributed by atoms with Crippen molar-refractivity contribution in [2.75, 3.05) is 10.6 Å². The van der Waals surface area contributed by atoms with Gasteiger partial charge in [-0.1, -0.05) is 30.3 Å². The van der Waals surface area contributed by atoms with Crippen molar-refractivity contribution < 1.29 is 4.52 Å². The van der Waals surface area contributed by atoms with Crippen molar-refractivity contribution in [3.05, 3.63) is 53.4 Å². The number of nitrogens with one attached hydrogen (secondary N) is 2. The van der Waals surface area contributed by atoms with E-state index in [0.717, 1.165) is 23.6 Å². The highest BCUT2D eigenvalue weighted by Gasteiger charge is 2.07. The molecule has 0 fully saturated rings. The van der Waals surface area contributed by atoms with Crippen LogP contribution in [0.5, 0.6) is 0 Å². The van der Waals surface area contributed by atoms with Crippen LogP contribution in [0, 0.1) is 13.8 Å². The van der Waals surface area contributed by atoms with E-state index in [9.17, 15) is 0 Å². The molecule has 2 heterocycles. The summed E-state index contributed by atoms with van der Waals surface area (Å²) < 4.78 is 5.05. The van der Waals surface area contributed by atoms with Gasteiger partial charge in [0.2, 0.25) is 5.95 Å². The summed E-state index contributed by atoms with van der Waals surface area (Å²) in [7, 11) is 0. The third-order valence-electron chi connectivity index (χ3n) is 3.38. The van der Waals surface area contributed by atoms with Crippen LogP contribution in [0.2, 0.25) is 0 Å². The molecule has 0 atom stereocenters. The predicted molar refractivity (Wildman–Crippen MR) is 90.4 cm³/mol. The highest BCUT2D eigenvalue weighted by Crippen LogP contribution is 2.21. The van der Waals surface area contributed by atoms with E-state index < -0.39 is 0 Å². The maximum absolute atomic E-state index is 5.05.